The zero-order valence-electron chi connectivity index (χ0n) is 29.6. The number of benzene rings is 1. The molecule has 0 bridgehead atoms. The Morgan fingerprint density at radius 1 is 0.896 bits per heavy atom. The second-order valence-electron chi connectivity index (χ2n) is 13.2. The topological polar surface area (TPSA) is 156 Å². The van der Waals surface area contributed by atoms with Crippen LogP contribution >= 0.6 is 0 Å². The highest BCUT2D eigenvalue weighted by Crippen LogP contribution is 2.45. The fourth-order valence-corrected chi connectivity index (χ4v) is 16.9. The Morgan fingerprint density at radius 2 is 1.46 bits per heavy atom. The van der Waals surface area contributed by atoms with Gasteiger partial charge in [0.1, 0.15) is 18.5 Å². The van der Waals surface area contributed by atoms with Gasteiger partial charge in [0.05, 0.1) is 19.6 Å². The van der Waals surface area contributed by atoms with Crippen LogP contribution in [0.25, 0.3) is 0 Å². The number of hydrogen-bond donors (Lipinski definition) is 2. The number of hydrogen-bond acceptors (Lipinski definition) is 10. The van der Waals surface area contributed by atoms with Crippen LogP contribution < -0.4 is 16.3 Å². The van der Waals surface area contributed by atoms with Crippen molar-refractivity contribution in [2.45, 2.75) is 103 Å². The first kappa shape index (κ1) is 39.2. The number of nitrogens with one attached hydrogen (secondary N) is 2. The number of ether oxygens (including phenoxy) is 2. The van der Waals surface area contributed by atoms with Crippen molar-refractivity contribution in [3.8, 4) is 0 Å². The molecular weight excluding hydrogens is 653 g/mol. The fourth-order valence-electron chi connectivity index (χ4n) is 5.82. The van der Waals surface area contributed by atoms with Crippen molar-refractivity contribution in [2.24, 2.45) is 0 Å². The Morgan fingerprint density at radius 3 is 1.96 bits per heavy atom. The molecule has 48 heavy (non-hydrogen) atoms. The van der Waals surface area contributed by atoms with E-state index in [-0.39, 0.29) is 66.6 Å². The number of amides is 2. The van der Waals surface area contributed by atoms with E-state index < -0.39 is 47.0 Å². The molecule has 1 aromatic carbocycles. The molecule has 1 aliphatic heterocycles. The zero-order chi connectivity index (χ0) is 35.6. The molecule has 0 saturated carbocycles. The molecule has 0 radical (unpaired) electrons. The maximum absolute atomic E-state index is 13.4. The van der Waals surface area contributed by atoms with E-state index in [2.05, 4.69) is 71.0 Å². The summed E-state index contributed by atoms with van der Waals surface area (Å²) in [4.78, 5) is 54.4. The molecule has 2 aromatic rings. The van der Waals surface area contributed by atoms with Crippen LogP contribution in [-0.4, -0.2) is 77.4 Å². The van der Waals surface area contributed by atoms with Crippen LogP contribution in [0.5, 0.6) is 0 Å². The van der Waals surface area contributed by atoms with Crippen LogP contribution in [0.1, 0.15) is 84.8 Å². The first-order valence-electron chi connectivity index (χ1n) is 16.6. The van der Waals surface area contributed by atoms with E-state index in [4.69, 9.17) is 22.4 Å². The molecular formula is C33H52N4O9Si2. The van der Waals surface area contributed by atoms with Gasteiger partial charge in [-0.25, -0.2) is 4.79 Å². The van der Waals surface area contributed by atoms with Gasteiger partial charge in [-0.05, 0) is 40.4 Å². The summed E-state index contributed by atoms with van der Waals surface area (Å²) in [6.45, 7) is 16.9. The quantitative estimate of drug-likeness (QED) is 0.202. The minimum Gasteiger partial charge on any atom is -0.461 e. The van der Waals surface area contributed by atoms with Crippen molar-refractivity contribution in [1.29, 1.82) is 0 Å². The Balaban J connectivity index is 1.94. The van der Waals surface area contributed by atoms with E-state index in [1.54, 1.807) is 30.3 Å². The van der Waals surface area contributed by atoms with Gasteiger partial charge < -0.3 is 33.1 Å². The summed E-state index contributed by atoms with van der Waals surface area (Å²) >= 11 is 0. The number of nitrogens with zero attached hydrogens (tertiary/aromatic N) is 2. The van der Waals surface area contributed by atoms with E-state index in [0.29, 0.717) is 5.56 Å². The third-order valence-corrected chi connectivity index (χ3v) is 18.7. The normalized spacial score (nSPS) is 17.2. The second kappa shape index (κ2) is 17.4. The minimum atomic E-state index is -2.86. The molecule has 3 rings (SSSR count). The predicted molar refractivity (Wildman–Crippen MR) is 186 cm³/mol. The lowest BCUT2D eigenvalue weighted by Crippen LogP contribution is -2.64. The van der Waals surface area contributed by atoms with E-state index in [1.165, 1.54) is 23.9 Å². The summed E-state index contributed by atoms with van der Waals surface area (Å²) in [5, 5.41) is 5.10. The Bertz CT molecular complexity index is 1390. The molecule has 15 heteroatoms. The molecule has 1 aliphatic rings. The minimum absolute atomic E-state index is 0.0449. The van der Waals surface area contributed by atoms with Crippen molar-refractivity contribution < 1.29 is 36.8 Å². The standard InChI is InChI=1S/C33H52N4O9Si2/c1-22(2)47(23(3)4)43-19-27(20-44-48(46-47,24(5)6)25(7)8)45-30(21-42-31(39)16-15-29(38)34-9)37-18-17-28(36-33(37)41)35-32(40)26-13-11-10-12-14-26/h10-14,17-18,22-25,27,30H,15-16,19-21H2,1-9H3,(H,34,38)(H,35,36,40,41). The second-order valence-corrected chi connectivity index (χ2v) is 22.1. The van der Waals surface area contributed by atoms with Crippen molar-refractivity contribution in [1.82, 2.24) is 14.9 Å². The number of esters is 1. The molecule has 1 fully saturated rings. The number of aromatic nitrogens is 2. The van der Waals surface area contributed by atoms with Gasteiger partial charge in [0.15, 0.2) is 6.23 Å². The Kier molecular flexibility index (Phi) is 14.3. The van der Waals surface area contributed by atoms with Gasteiger partial charge in [-0.1, -0.05) is 73.6 Å². The van der Waals surface area contributed by atoms with Gasteiger partial charge in [0, 0.05) is 25.2 Å². The molecule has 13 nitrogen and oxygen atoms in total. The highest BCUT2D eigenvalue weighted by Gasteiger charge is 2.57. The maximum atomic E-state index is 13.4. The van der Waals surface area contributed by atoms with Crippen LogP contribution in [0.4, 0.5) is 5.82 Å². The molecule has 1 unspecified atom stereocenters. The largest absolute Gasteiger partial charge is 0.461 e. The van der Waals surface area contributed by atoms with Gasteiger partial charge in [-0.15, -0.1) is 0 Å². The lowest BCUT2D eigenvalue weighted by Gasteiger charge is -2.50. The third-order valence-electron chi connectivity index (χ3n) is 8.52. The fraction of sp³-hybridized carbons (Fsp3) is 0.606. The SMILES string of the molecule is CNC(=O)CCC(=O)OCC(OC1CO[Si](C(C)C)(C(C)C)O[Si](C(C)C)(C(C)C)OC1)n1ccc(NC(=O)c2ccccc2)nc1=O. The maximum Gasteiger partial charge on any atom is 0.351 e. The van der Waals surface area contributed by atoms with Crippen molar-refractivity contribution >= 4 is 40.7 Å². The van der Waals surface area contributed by atoms with Gasteiger partial charge >= 0.3 is 28.8 Å². The van der Waals surface area contributed by atoms with Crippen LogP contribution in [0.2, 0.25) is 22.2 Å². The lowest BCUT2D eigenvalue weighted by molar-refractivity contribution is -0.160. The number of carbonyl (C=O) groups excluding carboxylic acids is 3. The summed E-state index contributed by atoms with van der Waals surface area (Å²) in [5.41, 5.74) is 0.146. The molecule has 2 N–H and O–H groups in total. The molecule has 2 amide bonds. The Hall–Kier alpha value is -3.22. The summed E-state index contributed by atoms with van der Waals surface area (Å²) in [6, 6.07) is 10.0. The molecule has 2 heterocycles. The van der Waals surface area contributed by atoms with Crippen LogP contribution in [0, 0.1) is 0 Å². The van der Waals surface area contributed by atoms with E-state index in [1.807, 2.05) is 0 Å². The van der Waals surface area contributed by atoms with Crippen LogP contribution in [-0.2, 0) is 32.0 Å². The zero-order valence-corrected chi connectivity index (χ0v) is 31.6. The van der Waals surface area contributed by atoms with E-state index in [9.17, 15) is 19.2 Å². The third kappa shape index (κ3) is 9.69. The summed E-state index contributed by atoms with van der Waals surface area (Å²) in [6.07, 6.45) is -0.535. The van der Waals surface area contributed by atoms with Crippen molar-refractivity contribution in [3.63, 3.8) is 0 Å². The molecule has 1 atom stereocenters. The first-order valence-corrected chi connectivity index (χ1v) is 20.5. The van der Waals surface area contributed by atoms with Crippen molar-refractivity contribution in [3.05, 3.63) is 58.6 Å². The van der Waals surface area contributed by atoms with Gasteiger partial charge in [-0.2, -0.15) is 4.98 Å². The lowest BCUT2D eigenvalue weighted by atomic mass is 10.2. The van der Waals surface area contributed by atoms with Crippen LogP contribution in [0.3, 0.4) is 0 Å². The summed E-state index contributed by atoms with van der Waals surface area (Å²) < 4.78 is 33.9. The molecule has 266 valence electrons. The molecule has 0 spiro atoms. The summed E-state index contributed by atoms with van der Waals surface area (Å²) in [7, 11) is -4.24. The monoisotopic (exact) mass is 704 g/mol. The van der Waals surface area contributed by atoms with Gasteiger partial charge in [-0.3, -0.25) is 19.0 Å². The molecule has 1 aromatic heterocycles. The van der Waals surface area contributed by atoms with Crippen LogP contribution in [0.15, 0.2) is 47.4 Å². The highest BCUT2D eigenvalue weighted by atomic mass is 28.5. The first-order chi connectivity index (χ1) is 22.6. The average molecular weight is 705 g/mol. The van der Waals surface area contributed by atoms with E-state index >= 15 is 0 Å². The summed E-state index contributed by atoms with van der Waals surface area (Å²) in [5.74, 6) is -1.30. The number of anilines is 1. The highest BCUT2D eigenvalue weighted by molar-refractivity contribution is 6.83. The van der Waals surface area contributed by atoms with Crippen molar-refractivity contribution in [2.75, 3.05) is 32.2 Å². The average Bonchev–Trinajstić information content (AvgIpc) is 3.03. The van der Waals surface area contributed by atoms with E-state index in [0.717, 1.165) is 0 Å². The smallest absolute Gasteiger partial charge is 0.351 e. The number of carbonyl (C=O) groups is 3. The Labute approximate surface area is 285 Å². The van der Waals surface area contributed by atoms with Gasteiger partial charge in [0.25, 0.3) is 5.91 Å². The number of rotatable bonds is 14. The van der Waals surface area contributed by atoms with Gasteiger partial charge in [0.2, 0.25) is 5.91 Å². The predicted octanol–water partition coefficient (Wildman–Crippen LogP) is 5.04. The molecule has 0 aliphatic carbocycles. The molecule has 1 saturated heterocycles.